The molecule has 0 fully saturated rings. The van der Waals surface area contributed by atoms with Crippen LogP contribution in [0.2, 0.25) is 19.6 Å². The number of hydrogen-bond acceptors (Lipinski definition) is 13. The highest BCUT2D eigenvalue weighted by Gasteiger charge is 2.69. The summed E-state index contributed by atoms with van der Waals surface area (Å²) in [4.78, 5) is 83.9. The van der Waals surface area contributed by atoms with Crippen LogP contribution in [-0.2, 0) is 38.8 Å². The molecule has 0 aliphatic carbocycles. The number of aliphatic hydroxyl groups is 3. The Morgan fingerprint density at radius 1 is 1.00 bits per heavy atom. The van der Waals surface area contributed by atoms with E-state index in [4.69, 9.17) is 52.4 Å². The van der Waals surface area contributed by atoms with Crippen molar-refractivity contribution in [3.05, 3.63) is 32.6 Å². The highest BCUT2D eigenvalue weighted by molar-refractivity contribution is 7.86. The van der Waals surface area contributed by atoms with Crippen LogP contribution in [0.5, 0.6) is 0 Å². The van der Waals surface area contributed by atoms with E-state index in [0.717, 1.165) is 13.8 Å². The first-order valence-electron chi connectivity index (χ1n) is 12.2. The van der Waals surface area contributed by atoms with Crippen LogP contribution in [0.15, 0.2) is 15.8 Å². The number of H-pyrrole nitrogens is 2. The zero-order chi connectivity index (χ0) is 38.9. The molecule has 0 aliphatic rings. The van der Waals surface area contributed by atoms with E-state index in [9.17, 15) is 56.9 Å². The standard InChI is InChI=1S/C13H18O9.C5H6N2O2.C3H9ClSi.CH2Cl2.CHF3O3S/c1-6(15)11(20)13(8(3)17,22-9(4)18)12(21,7(2)16)10(19)5-14;1-3-2-6-5(9)7-4(3)8;1-5(2,3)4;2-1-3;2-1(3,4)8(5,6)7/h10,14,19,21H,5H2,1-4H3;2H,1H3,(H2,6,7,8,9);1-3H3;1H2;(H,5,6,7)/t10?,12?,13-;;;;/m0..../s1. The number of alkyl halides is 5. The second-order valence-electron chi connectivity index (χ2n) is 9.58. The van der Waals surface area contributed by atoms with E-state index in [1.165, 1.54) is 6.20 Å². The molecular formula is C23H36Cl3F3N2O14SSi. The van der Waals surface area contributed by atoms with Crippen LogP contribution in [0.3, 0.4) is 0 Å². The van der Waals surface area contributed by atoms with Crippen LogP contribution in [0.4, 0.5) is 13.2 Å². The molecule has 0 amide bonds. The van der Waals surface area contributed by atoms with Crippen molar-refractivity contribution < 1.29 is 70.2 Å². The van der Waals surface area contributed by atoms with Gasteiger partial charge in [-0.05, 0) is 20.8 Å². The van der Waals surface area contributed by atoms with Gasteiger partial charge in [0, 0.05) is 25.6 Å². The summed E-state index contributed by atoms with van der Waals surface area (Å²) >= 11 is 15.2. The summed E-state index contributed by atoms with van der Waals surface area (Å²) < 4.78 is 62.1. The molecule has 47 heavy (non-hydrogen) atoms. The zero-order valence-electron chi connectivity index (χ0n) is 26.1. The molecule has 274 valence electrons. The van der Waals surface area contributed by atoms with Crippen LogP contribution in [-0.4, -0.2) is 110 Å². The lowest BCUT2D eigenvalue weighted by Crippen LogP contribution is -2.74. The Hall–Kier alpha value is -2.50. The first-order chi connectivity index (χ1) is 20.8. The van der Waals surface area contributed by atoms with Crippen LogP contribution in [0, 0.1) is 6.92 Å². The summed E-state index contributed by atoms with van der Waals surface area (Å²) in [5, 5.41) is 29.4. The number of aromatic nitrogens is 2. The van der Waals surface area contributed by atoms with Crippen molar-refractivity contribution in [1.82, 2.24) is 9.97 Å². The lowest BCUT2D eigenvalue weighted by Gasteiger charge is -2.42. The number of hydrogen-bond donors (Lipinski definition) is 6. The lowest BCUT2D eigenvalue weighted by molar-refractivity contribution is -0.218. The molecule has 0 radical (unpaired) electrons. The first-order valence-corrected chi connectivity index (χ1v) is 19.2. The van der Waals surface area contributed by atoms with Crippen LogP contribution >= 0.6 is 34.3 Å². The number of rotatable bonds is 8. The first kappa shape index (κ1) is 51.3. The van der Waals surface area contributed by atoms with Gasteiger partial charge in [-0.25, -0.2) is 4.79 Å². The van der Waals surface area contributed by atoms with Gasteiger partial charge >= 0.3 is 27.3 Å². The topological polar surface area (TPSA) is 275 Å². The monoisotopic (exact) mass is 786 g/mol. The Kier molecular flexibility index (Phi) is 23.4. The molecule has 0 aromatic carbocycles. The number of ether oxygens (including phenoxy) is 1. The van der Waals surface area contributed by atoms with Gasteiger partial charge in [0.2, 0.25) is 5.60 Å². The molecule has 0 spiro atoms. The predicted molar refractivity (Wildman–Crippen MR) is 165 cm³/mol. The highest BCUT2D eigenvalue weighted by Crippen LogP contribution is 2.34. The average molecular weight is 788 g/mol. The third kappa shape index (κ3) is 18.6. The van der Waals surface area contributed by atoms with Gasteiger partial charge in [0.25, 0.3) is 16.9 Å². The molecule has 1 aromatic heterocycles. The third-order valence-electron chi connectivity index (χ3n) is 4.46. The molecular weight excluding hydrogens is 752 g/mol. The molecule has 1 heterocycles. The second kappa shape index (κ2) is 21.5. The number of ketones is 4. The summed E-state index contributed by atoms with van der Waals surface area (Å²) in [7, 11) is -6.98. The Balaban J connectivity index is -0.000000300. The van der Waals surface area contributed by atoms with Crippen LogP contribution in [0.25, 0.3) is 0 Å². The van der Waals surface area contributed by atoms with Crippen LogP contribution < -0.4 is 11.2 Å². The number of carbonyl (C=O) groups is 5. The molecule has 0 aliphatic heterocycles. The average Bonchev–Trinajstić information content (AvgIpc) is 2.86. The maximum absolute atomic E-state index is 12.2. The summed E-state index contributed by atoms with van der Waals surface area (Å²) in [6.45, 7) is 9.56. The highest BCUT2D eigenvalue weighted by atomic mass is 35.6. The predicted octanol–water partition coefficient (Wildman–Crippen LogP) is 0.956. The van der Waals surface area contributed by atoms with E-state index >= 15 is 0 Å². The van der Waals surface area contributed by atoms with Crippen molar-refractivity contribution in [1.29, 1.82) is 0 Å². The number of nitrogens with one attached hydrogen (secondary N) is 2. The third-order valence-corrected chi connectivity index (χ3v) is 5.04. The van der Waals surface area contributed by atoms with Gasteiger partial charge in [0.15, 0.2) is 17.3 Å². The normalized spacial score (nSPS) is 14.1. The van der Waals surface area contributed by atoms with Crippen molar-refractivity contribution in [2.75, 3.05) is 11.9 Å². The molecule has 3 atom stereocenters. The Morgan fingerprint density at radius 3 is 1.55 bits per heavy atom. The van der Waals surface area contributed by atoms with Crippen molar-refractivity contribution in [3.8, 4) is 0 Å². The molecule has 24 heteroatoms. The van der Waals surface area contributed by atoms with Crippen molar-refractivity contribution in [2.45, 2.75) is 77.1 Å². The molecule has 1 rings (SSSR count). The van der Waals surface area contributed by atoms with Crippen LogP contribution in [0.1, 0.15) is 33.3 Å². The molecule has 6 N–H and O–H groups in total. The summed E-state index contributed by atoms with van der Waals surface area (Å²) in [6.07, 6.45) is -0.974. The molecule has 0 bridgehead atoms. The summed E-state index contributed by atoms with van der Waals surface area (Å²) in [5.74, 6) is -6.94. The molecule has 1 aromatic rings. The Bertz CT molecular complexity index is 1440. The van der Waals surface area contributed by atoms with Gasteiger partial charge in [-0.1, -0.05) is 19.6 Å². The minimum atomic E-state index is -5.84. The van der Waals surface area contributed by atoms with E-state index in [-0.39, 0.29) is 10.9 Å². The smallest absolute Gasteiger partial charge is 0.439 e. The van der Waals surface area contributed by atoms with E-state index in [0.29, 0.717) is 19.4 Å². The Labute approximate surface area is 282 Å². The number of Topliss-reactive ketones (excluding diaryl/α,β-unsaturated/α-hetero) is 4. The number of halogens is 6. The SMILES string of the molecule is CC(=O)O[C@@](C(C)=O)(C(=O)C(C)=O)C(O)(C(C)=O)C(O)CO.C[Si](C)(C)Cl.Cc1c[nH]c(=O)[nH]c1=O.ClCCl.O=S(=O)(O)C(F)(F)F. The number of aryl methyl sites for hydroxylation is 1. The Morgan fingerprint density at radius 2 is 1.36 bits per heavy atom. The maximum atomic E-state index is 12.2. The maximum Gasteiger partial charge on any atom is 0.522 e. The molecule has 0 saturated heterocycles. The zero-order valence-corrected chi connectivity index (χ0v) is 30.2. The minimum Gasteiger partial charge on any atom is -0.439 e. The van der Waals surface area contributed by atoms with Gasteiger partial charge in [-0.3, -0.25) is 38.3 Å². The van der Waals surface area contributed by atoms with E-state index in [1.54, 1.807) is 6.92 Å². The van der Waals surface area contributed by atoms with Gasteiger partial charge in [0.05, 0.1) is 11.9 Å². The molecule has 16 nitrogen and oxygen atoms in total. The quantitative estimate of drug-likeness (QED) is 0.0313. The fraction of sp³-hybridized carbons (Fsp3) is 0.609. The molecule has 0 saturated carbocycles. The number of aromatic amines is 2. The van der Waals surface area contributed by atoms with Crippen molar-refractivity contribution in [3.63, 3.8) is 0 Å². The minimum absolute atomic E-state index is 0.194. The number of carbonyl (C=O) groups excluding carboxylic acids is 5. The fourth-order valence-corrected chi connectivity index (χ4v) is 2.59. The summed E-state index contributed by atoms with van der Waals surface area (Å²) in [6, 6.07) is 0. The van der Waals surface area contributed by atoms with Gasteiger partial charge in [-0.2, -0.15) is 32.7 Å². The van der Waals surface area contributed by atoms with Gasteiger partial charge in [0.1, 0.15) is 13.5 Å². The van der Waals surface area contributed by atoms with E-state index < -0.39 is 81.7 Å². The number of aliphatic hydroxyl groups excluding tert-OH is 2. The second-order valence-corrected chi connectivity index (χ2v) is 19.3. The van der Waals surface area contributed by atoms with E-state index in [2.05, 4.69) is 34.3 Å². The van der Waals surface area contributed by atoms with Gasteiger partial charge in [-0.15, -0.1) is 23.2 Å². The largest absolute Gasteiger partial charge is 0.522 e. The molecule has 2 unspecified atom stereocenters. The van der Waals surface area contributed by atoms with Crippen molar-refractivity contribution in [2.24, 2.45) is 0 Å². The number of esters is 1. The fourth-order valence-electron chi connectivity index (χ4n) is 2.59. The van der Waals surface area contributed by atoms with E-state index in [1.807, 2.05) is 0 Å². The summed E-state index contributed by atoms with van der Waals surface area (Å²) in [5.41, 5.74) is -12.4. The van der Waals surface area contributed by atoms with Crippen molar-refractivity contribution >= 4 is 80.9 Å². The lowest BCUT2D eigenvalue weighted by atomic mass is 9.70. The van der Waals surface area contributed by atoms with Gasteiger partial charge < -0.3 is 25.0 Å².